The number of methoxy groups -OCH3 is 1. The lowest BCUT2D eigenvalue weighted by Crippen LogP contribution is -2.15. The second-order valence-corrected chi connectivity index (χ2v) is 4.53. The molecule has 3 heteroatoms. The van der Waals surface area contributed by atoms with E-state index in [1.165, 1.54) is 7.11 Å². The maximum Gasteiger partial charge on any atom is 0.312 e. The normalized spacial score (nSPS) is 11.7. The van der Waals surface area contributed by atoms with Crippen molar-refractivity contribution >= 4 is 11.8 Å². The van der Waals surface area contributed by atoms with Gasteiger partial charge in [-0.15, -0.1) is 0 Å². The van der Waals surface area contributed by atoms with Crippen LogP contribution in [0.4, 0.5) is 0 Å². The Kier molecular flexibility index (Phi) is 4.31. The molecule has 0 aliphatic rings. The van der Waals surface area contributed by atoms with Crippen molar-refractivity contribution < 1.29 is 14.3 Å². The molecule has 2 aromatic carbocycles. The van der Waals surface area contributed by atoms with Crippen LogP contribution in [0.25, 0.3) is 0 Å². The largest absolute Gasteiger partial charge is 0.469 e. The monoisotopic (exact) mass is 268 g/mol. The van der Waals surface area contributed by atoms with Gasteiger partial charge in [-0.2, -0.15) is 0 Å². The van der Waals surface area contributed by atoms with Gasteiger partial charge in [0, 0.05) is 11.1 Å². The van der Waals surface area contributed by atoms with E-state index < -0.39 is 5.92 Å². The van der Waals surface area contributed by atoms with Crippen molar-refractivity contribution in [3.63, 3.8) is 0 Å². The molecule has 1 atom stereocenters. The number of ether oxygens (including phenoxy) is 1. The first-order valence-corrected chi connectivity index (χ1v) is 6.41. The number of carbonyl (C=O) groups excluding carboxylic acids is 2. The number of ketones is 1. The molecule has 0 bridgehead atoms. The van der Waals surface area contributed by atoms with Crippen molar-refractivity contribution in [1.29, 1.82) is 0 Å². The van der Waals surface area contributed by atoms with Gasteiger partial charge in [-0.1, -0.05) is 54.6 Å². The fraction of sp³-hybridized carbons (Fsp3) is 0.176. The van der Waals surface area contributed by atoms with Crippen molar-refractivity contribution in [2.45, 2.75) is 12.8 Å². The first-order valence-electron chi connectivity index (χ1n) is 6.41. The van der Waals surface area contributed by atoms with Gasteiger partial charge in [-0.3, -0.25) is 9.59 Å². The van der Waals surface area contributed by atoms with Crippen LogP contribution < -0.4 is 0 Å². The summed E-state index contributed by atoms with van der Waals surface area (Å²) < 4.78 is 4.76. The molecule has 2 aromatic rings. The molecule has 2 rings (SSSR count). The Morgan fingerprint density at radius 2 is 1.55 bits per heavy atom. The third-order valence-electron chi connectivity index (χ3n) is 3.26. The predicted octanol–water partition coefficient (Wildman–Crippen LogP) is 3.19. The lowest BCUT2D eigenvalue weighted by atomic mass is 9.91. The molecule has 0 aliphatic heterocycles. The van der Waals surface area contributed by atoms with Crippen molar-refractivity contribution in [2.24, 2.45) is 0 Å². The Morgan fingerprint density at radius 3 is 2.20 bits per heavy atom. The Bertz CT molecular complexity index is 617. The van der Waals surface area contributed by atoms with Gasteiger partial charge in [0.1, 0.15) is 0 Å². The van der Waals surface area contributed by atoms with E-state index in [0.29, 0.717) is 16.7 Å². The van der Waals surface area contributed by atoms with Crippen LogP contribution in [-0.4, -0.2) is 18.9 Å². The summed E-state index contributed by atoms with van der Waals surface area (Å²) in [4.78, 5) is 24.2. The average molecular weight is 268 g/mol. The van der Waals surface area contributed by atoms with Crippen LogP contribution in [0.5, 0.6) is 0 Å². The molecule has 0 radical (unpaired) electrons. The maximum absolute atomic E-state index is 12.5. The smallest absolute Gasteiger partial charge is 0.312 e. The Morgan fingerprint density at radius 1 is 0.950 bits per heavy atom. The molecule has 0 aliphatic carbocycles. The van der Waals surface area contributed by atoms with Crippen molar-refractivity contribution in [3.8, 4) is 0 Å². The summed E-state index contributed by atoms with van der Waals surface area (Å²) in [5.74, 6) is -0.904. The minimum Gasteiger partial charge on any atom is -0.469 e. The van der Waals surface area contributed by atoms with Gasteiger partial charge in [-0.05, 0) is 12.5 Å². The zero-order valence-electron chi connectivity index (χ0n) is 11.5. The highest BCUT2D eigenvalue weighted by molar-refractivity contribution is 6.10. The van der Waals surface area contributed by atoms with Crippen molar-refractivity contribution in [3.05, 3.63) is 71.3 Å². The van der Waals surface area contributed by atoms with Crippen molar-refractivity contribution in [1.82, 2.24) is 0 Å². The first-order chi connectivity index (χ1) is 9.65. The lowest BCUT2D eigenvalue weighted by Gasteiger charge is -2.13. The molecule has 3 nitrogen and oxygen atoms in total. The van der Waals surface area contributed by atoms with Crippen molar-refractivity contribution in [2.75, 3.05) is 7.11 Å². The van der Waals surface area contributed by atoms with Gasteiger partial charge < -0.3 is 4.74 Å². The quantitative estimate of drug-likeness (QED) is 0.631. The molecule has 0 fully saturated rings. The first kappa shape index (κ1) is 14.0. The summed E-state index contributed by atoms with van der Waals surface area (Å²) in [5, 5.41) is 0. The van der Waals surface area contributed by atoms with E-state index in [-0.39, 0.29) is 11.8 Å². The Balaban J connectivity index is 2.43. The summed E-state index contributed by atoms with van der Waals surface area (Å²) in [6.07, 6.45) is 0. The minimum atomic E-state index is -0.469. The molecule has 0 heterocycles. The number of hydrogen-bond acceptors (Lipinski definition) is 3. The van der Waals surface area contributed by atoms with E-state index in [1.54, 1.807) is 37.3 Å². The Labute approximate surface area is 118 Å². The molecule has 102 valence electrons. The third kappa shape index (κ3) is 2.77. The van der Waals surface area contributed by atoms with Gasteiger partial charge in [-0.25, -0.2) is 0 Å². The fourth-order valence-corrected chi connectivity index (χ4v) is 2.13. The van der Waals surface area contributed by atoms with Crippen LogP contribution in [-0.2, 0) is 9.53 Å². The van der Waals surface area contributed by atoms with E-state index in [0.717, 1.165) is 0 Å². The minimum absolute atomic E-state index is 0.0862. The number of esters is 1. The standard InChI is InChI=1S/C17H16O3/c1-12(17(19)20-2)14-10-6-7-11-15(14)16(18)13-8-4-3-5-9-13/h3-12H,1-2H3. The fourth-order valence-electron chi connectivity index (χ4n) is 2.13. The molecular weight excluding hydrogens is 252 g/mol. The summed E-state index contributed by atoms with van der Waals surface area (Å²) in [6, 6.07) is 16.2. The summed E-state index contributed by atoms with van der Waals surface area (Å²) in [6.45, 7) is 1.74. The van der Waals surface area contributed by atoms with Crippen LogP contribution >= 0.6 is 0 Å². The molecular formula is C17H16O3. The number of rotatable bonds is 4. The average Bonchev–Trinajstić information content (AvgIpc) is 2.53. The van der Waals surface area contributed by atoms with Gasteiger partial charge in [0.25, 0.3) is 0 Å². The molecule has 0 saturated heterocycles. The van der Waals surface area contributed by atoms with Gasteiger partial charge in [0.05, 0.1) is 13.0 Å². The number of benzene rings is 2. The van der Waals surface area contributed by atoms with Gasteiger partial charge >= 0.3 is 5.97 Å². The van der Waals surface area contributed by atoms with Crippen LogP contribution in [0.3, 0.4) is 0 Å². The summed E-state index contributed by atoms with van der Waals surface area (Å²) in [5.41, 5.74) is 1.84. The van der Waals surface area contributed by atoms with Crippen LogP contribution in [0.15, 0.2) is 54.6 Å². The number of carbonyl (C=O) groups is 2. The zero-order chi connectivity index (χ0) is 14.5. The topological polar surface area (TPSA) is 43.4 Å². The lowest BCUT2D eigenvalue weighted by molar-refractivity contribution is -0.141. The molecule has 0 amide bonds. The maximum atomic E-state index is 12.5. The van der Waals surface area contributed by atoms with Gasteiger partial charge in [0.2, 0.25) is 0 Å². The number of hydrogen-bond donors (Lipinski definition) is 0. The van der Waals surface area contributed by atoms with Crippen LogP contribution in [0, 0.1) is 0 Å². The SMILES string of the molecule is COC(=O)C(C)c1ccccc1C(=O)c1ccccc1. The molecule has 0 aromatic heterocycles. The summed E-state index contributed by atoms with van der Waals surface area (Å²) in [7, 11) is 1.35. The Hall–Kier alpha value is -2.42. The summed E-state index contributed by atoms with van der Waals surface area (Å²) >= 11 is 0. The van der Waals surface area contributed by atoms with E-state index in [4.69, 9.17) is 4.74 Å². The van der Waals surface area contributed by atoms with E-state index in [1.807, 2.05) is 24.3 Å². The molecule has 20 heavy (non-hydrogen) atoms. The van der Waals surface area contributed by atoms with Crippen LogP contribution in [0.1, 0.15) is 34.3 Å². The highest BCUT2D eigenvalue weighted by Gasteiger charge is 2.22. The highest BCUT2D eigenvalue weighted by atomic mass is 16.5. The second-order valence-electron chi connectivity index (χ2n) is 4.53. The highest BCUT2D eigenvalue weighted by Crippen LogP contribution is 2.23. The van der Waals surface area contributed by atoms with Crippen LogP contribution in [0.2, 0.25) is 0 Å². The third-order valence-corrected chi connectivity index (χ3v) is 3.26. The van der Waals surface area contributed by atoms with Gasteiger partial charge in [0.15, 0.2) is 5.78 Å². The van der Waals surface area contributed by atoms with E-state index in [2.05, 4.69) is 0 Å². The molecule has 0 N–H and O–H groups in total. The second kappa shape index (κ2) is 6.15. The predicted molar refractivity (Wildman–Crippen MR) is 76.7 cm³/mol. The molecule has 1 unspecified atom stereocenters. The zero-order valence-corrected chi connectivity index (χ0v) is 11.5. The molecule has 0 spiro atoms. The van der Waals surface area contributed by atoms with E-state index in [9.17, 15) is 9.59 Å². The molecule has 0 saturated carbocycles. The van der Waals surface area contributed by atoms with E-state index >= 15 is 0 Å².